The van der Waals surface area contributed by atoms with Crippen LogP contribution in [0.3, 0.4) is 0 Å². The second-order valence-electron chi connectivity index (χ2n) is 5.81. The minimum Gasteiger partial charge on any atom is -0.493 e. The van der Waals surface area contributed by atoms with Crippen LogP contribution in [0, 0.1) is 0 Å². The van der Waals surface area contributed by atoms with Gasteiger partial charge in [-0.3, -0.25) is 15.1 Å². The molecular formula is C20H18N4O3. The largest absolute Gasteiger partial charge is 0.493 e. The number of aromatic nitrogens is 4. The van der Waals surface area contributed by atoms with E-state index < -0.39 is 0 Å². The number of nitrogens with one attached hydrogen (secondary N) is 1. The Balaban J connectivity index is 1.98. The Hall–Kier alpha value is -3.61. The summed E-state index contributed by atoms with van der Waals surface area (Å²) in [7, 11) is 4.76. The molecule has 136 valence electrons. The number of ether oxygens (including phenoxy) is 3. The van der Waals surface area contributed by atoms with Crippen molar-refractivity contribution in [1.82, 2.24) is 20.2 Å². The molecule has 0 aliphatic heterocycles. The average molecular weight is 362 g/mol. The van der Waals surface area contributed by atoms with Crippen LogP contribution in [0.2, 0.25) is 0 Å². The van der Waals surface area contributed by atoms with Gasteiger partial charge in [0.15, 0.2) is 11.5 Å². The first-order valence-electron chi connectivity index (χ1n) is 8.30. The summed E-state index contributed by atoms with van der Waals surface area (Å²) >= 11 is 0. The van der Waals surface area contributed by atoms with Crippen LogP contribution in [0.5, 0.6) is 17.2 Å². The van der Waals surface area contributed by atoms with Crippen LogP contribution in [0.25, 0.3) is 33.4 Å². The third-order valence-electron chi connectivity index (χ3n) is 4.35. The van der Waals surface area contributed by atoms with Crippen molar-refractivity contribution in [1.29, 1.82) is 0 Å². The molecule has 0 unspecified atom stereocenters. The topological polar surface area (TPSA) is 82.2 Å². The first-order valence-corrected chi connectivity index (χ1v) is 8.30. The van der Waals surface area contributed by atoms with E-state index >= 15 is 0 Å². The summed E-state index contributed by atoms with van der Waals surface area (Å²) in [6.07, 6.45) is 5.27. The van der Waals surface area contributed by atoms with E-state index in [9.17, 15) is 0 Å². The molecule has 0 saturated heterocycles. The number of H-pyrrole nitrogens is 1. The van der Waals surface area contributed by atoms with Crippen molar-refractivity contribution < 1.29 is 14.2 Å². The summed E-state index contributed by atoms with van der Waals surface area (Å²) in [6, 6.07) is 9.49. The standard InChI is InChI=1S/C20H18N4O3/c1-25-15-9-13(10-16(26-2)20(15)27-3)19-17-14(23-24-19)6-8-22-18(17)12-5-4-7-21-11-12/h4-11H,1-3H3,(H,23,24). The van der Waals surface area contributed by atoms with Crippen molar-refractivity contribution in [3.63, 3.8) is 0 Å². The van der Waals surface area contributed by atoms with Gasteiger partial charge in [-0.1, -0.05) is 0 Å². The van der Waals surface area contributed by atoms with Crippen molar-refractivity contribution in [2.75, 3.05) is 21.3 Å². The smallest absolute Gasteiger partial charge is 0.203 e. The van der Waals surface area contributed by atoms with E-state index in [0.29, 0.717) is 17.2 Å². The number of aromatic amines is 1. The number of hydrogen-bond acceptors (Lipinski definition) is 6. The van der Waals surface area contributed by atoms with E-state index in [4.69, 9.17) is 14.2 Å². The van der Waals surface area contributed by atoms with Gasteiger partial charge in [-0.25, -0.2) is 0 Å². The van der Waals surface area contributed by atoms with Gasteiger partial charge in [-0.2, -0.15) is 5.10 Å². The lowest BCUT2D eigenvalue weighted by molar-refractivity contribution is 0.324. The maximum absolute atomic E-state index is 5.48. The van der Waals surface area contributed by atoms with Gasteiger partial charge in [0.1, 0.15) is 5.69 Å². The number of nitrogens with zero attached hydrogens (tertiary/aromatic N) is 3. The highest BCUT2D eigenvalue weighted by molar-refractivity contribution is 6.02. The quantitative estimate of drug-likeness (QED) is 0.583. The van der Waals surface area contributed by atoms with Gasteiger partial charge in [0.05, 0.1) is 37.9 Å². The lowest BCUT2D eigenvalue weighted by Crippen LogP contribution is -1.96. The minimum absolute atomic E-state index is 0.536. The van der Waals surface area contributed by atoms with Gasteiger partial charge in [-0.05, 0) is 30.3 Å². The fourth-order valence-corrected chi connectivity index (χ4v) is 3.12. The van der Waals surface area contributed by atoms with Crippen LogP contribution in [-0.2, 0) is 0 Å². The fraction of sp³-hybridized carbons (Fsp3) is 0.150. The first-order chi connectivity index (χ1) is 13.3. The fourth-order valence-electron chi connectivity index (χ4n) is 3.12. The van der Waals surface area contributed by atoms with Crippen LogP contribution in [0.4, 0.5) is 0 Å². The van der Waals surface area contributed by atoms with Gasteiger partial charge >= 0.3 is 0 Å². The van der Waals surface area contributed by atoms with E-state index in [0.717, 1.165) is 33.4 Å². The number of rotatable bonds is 5. The number of fused-ring (bicyclic) bond motifs is 1. The second kappa shape index (κ2) is 6.95. The lowest BCUT2D eigenvalue weighted by atomic mass is 10.0. The molecule has 1 N–H and O–H groups in total. The van der Waals surface area contributed by atoms with Gasteiger partial charge < -0.3 is 14.2 Å². The monoisotopic (exact) mass is 362 g/mol. The minimum atomic E-state index is 0.536. The molecular weight excluding hydrogens is 344 g/mol. The Kier molecular flexibility index (Phi) is 4.33. The van der Waals surface area contributed by atoms with E-state index in [1.807, 2.05) is 30.3 Å². The summed E-state index contributed by atoms with van der Waals surface area (Å²) in [5, 5.41) is 8.50. The summed E-state index contributed by atoms with van der Waals surface area (Å²) in [4.78, 5) is 8.77. The Labute approximate surface area is 155 Å². The van der Waals surface area contributed by atoms with E-state index in [2.05, 4.69) is 20.2 Å². The Morgan fingerprint density at radius 1 is 0.852 bits per heavy atom. The Morgan fingerprint density at radius 3 is 2.26 bits per heavy atom. The molecule has 4 aromatic rings. The molecule has 0 atom stereocenters. The van der Waals surface area contributed by atoms with Gasteiger partial charge in [0.2, 0.25) is 5.75 Å². The summed E-state index contributed by atoms with van der Waals surface area (Å²) in [6.45, 7) is 0. The molecule has 4 rings (SSSR count). The molecule has 7 heteroatoms. The van der Waals surface area contributed by atoms with E-state index in [-0.39, 0.29) is 0 Å². The molecule has 3 heterocycles. The maximum atomic E-state index is 5.48. The summed E-state index contributed by atoms with van der Waals surface area (Å²) in [5.41, 5.74) is 4.17. The molecule has 1 aromatic carbocycles. The van der Waals surface area contributed by atoms with Crippen molar-refractivity contribution in [2.45, 2.75) is 0 Å². The number of hydrogen-bond donors (Lipinski definition) is 1. The molecule has 0 amide bonds. The zero-order valence-corrected chi connectivity index (χ0v) is 15.2. The maximum Gasteiger partial charge on any atom is 0.203 e. The molecule has 3 aromatic heterocycles. The molecule has 0 bridgehead atoms. The normalized spacial score (nSPS) is 10.8. The molecule has 0 spiro atoms. The number of benzene rings is 1. The van der Waals surface area contributed by atoms with E-state index in [1.54, 1.807) is 39.9 Å². The number of methoxy groups -OCH3 is 3. The highest BCUT2D eigenvalue weighted by atomic mass is 16.5. The van der Waals surface area contributed by atoms with Crippen LogP contribution in [-0.4, -0.2) is 41.5 Å². The van der Waals surface area contributed by atoms with Crippen LogP contribution in [0.1, 0.15) is 0 Å². The Bertz CT molecular complexity index is 1070. The predicted molar refractivity (Wildman–Crippen MR) is 102 cm³/mol. The highest BCUT2D eigenvalue weighted by Gasteiger charge is 2.19. The van der Waals surface area contributed by atoms with Gasteiger partial charge in [-0.15, -0.1) is 0 Å². The Morgan fingerprint density at radius 2 is 1.63 bits per heavy atom. The highest BCUT2D eigenvalue weighted by Crippen LogP contribution is 2.43. The molecule has 0 saturated carbocycles. The molecule has 0 radical (unpaired) electrons. The summed E-state index contributed by atoms with van der Waals surface area (Å²) < 4.78 is 16.4. The van der Waals surface area contributed by atoms with Crippen molar-refractivity contribution in [3.05, 3.63) is 48.9 Å². The summed E-state index contributed by atoms with van der Waals surface area (Å²) in [5.74, 6) is 1.67. The molecule has 27 heavy (non-hydrogen) atoms. The molecule has 7 nitrogen and oxygen atoms in total. The second-order valence-corrected chi connectivity index (χ2v) is 5.81. The third kappa shape index (κ3) is 2.83. The van der Waals surface area contributed by atoms with Crippen LogP contribution >= 0.6 is 0 Å². The zero-order valence-electron chi connectivity index (χ0n) is 15.2. The average Bonchev–Trinajstić information content (AvgIpc) is 3.17. The molecule has 0 aliphatic carbocycles. The van der Waals surface area contributed by atoms with Crippen molar-refractivity contribution in [2.24, 2.45) is 0 Å². The van der Waals surface area contributed by atoms with Crippen LogP contribution in [0.15, 0.2) is 48.9 Å². The van der Waals surface area contributed by atoms with Gasteiger partial charge in [0.25, 0.3) is 0 Å². The van der Waals surface area contributed by atoms with E-state index in [1.165, 1.54) is 0 Å². The number of pyridine rings is 2. The zero-order chi connectivity index (χ0) is 18.8. The third-order valence-corrected chi connectivity index (χ3v) is 4.35. The van der Waals surface area contributed by atoms with Crippen molar-refractivity contribution in [3.8, 4) is 39.8 Å². The van der Waals surface area contributed by atoms with Crippen molar-refractivity contribution >= 4 is 10.9 Å². The van der Waals surface area contributed by atoms with Gasteiger partial charge in [0, 0.05) is 29.7 Å². The SMILES string of the molecule is COc1cc(-c2n[nH]c3ccnc(-c4cccnc4)c23)cc(OC)c1OC. The van der Waals surface area contributed by atoms with Crippen LogP contribution < -0.4 is 14.2 Å². The first kappa shape index (κ1) is 16.8. The molecule has 0 fully saturated rings. The predicted octanol–water partition coefficient (Wildman–Crippen LogP) is 3.71. The molecule has 0 aliphatic rings. The lowest BCUT2D eigenvalue weighted by Gasteiger charge is -2.13.